The second-order valence-corrected chi connectivity index (χ2v) is 5.99. The standard InChI is InChI=1S/C13H16N4O3S/c1-5-6(2)21-12-10(5)11(15-7(3)16-12)17-8(13(19)20)4-9(14)18/h8H,4H2,1-3H3,(H2,14,18)(H,19,20)(H,15,16,17). The summed E-state index contributed by atoms with van der Waals surface area (Å²) in [6, 6.07) is -1.11. The Labute approximate surface area is 125 Å². The third-order valence-corrected chi connectivity index (χ3v) is 4.26. The van der Waals surface area contributed by atoms with E-state index in [1.165, 1.54) is 11.3 Å². The summed E-state index contributed by atoms with van der Waals surface area (Å²) in [5.74, 6) is -0.875. The van der Waals surface area contributed by atoms with Crippen LogP contribution in [0.3, 0.4) is 0 Å². The smallest absolute Gasteiger partial charge is 0.326 e. The van der Waals surface area contributed by atoms with Crippen LogP contribution in [0, 0.1) is 20.8 Å². The molecule has 2 aromatic rings. The normalized spacial score (nSPS) is 12.3. The van der Waals surface area contributed by atoms with E-state index in [4.69, 9.17) is 5.73 Å². The third kappa shape index (κ3) is 3.10. The number of nitrogens with one attached hydrogen (secondary N) is 1. The molecule has 0 fully saturated rings. The number of aromatic nitrogens is 2. The van der Waals surface area contributed by atoms with Crippen molar-refractivity contribution in [3.8, 4) is 0 Å². The number of rotatable bonds is 5. The molecular formula is C13H16N4O3S. The maximum Gasteiger partial charge on any atom is 0.326 e. The van der Waals surface area contributed by atoms with E-state index in [0.29, 0.717) is 11.6 Å². The summed E-state index contributed by atoms with van der Waals surface area (Å²) in [7, 11) is 0. The van der Waals surface area contributed by atoms with Crippen LogP contribution < -0.4 is 11.1 Å². The highest BCUT2D eigenvalue weighted by molar-refractivity contribution is 7.18. The molecule has 0 saturated carbocycles. The van der Waals surface area contributed by atoms with E-state index >= 15 is 0 Å². The molecule has 2 rings (SSSR count). The number of carboxylic acids is 1. The molecule has 0 spiro atoms. The Balaban J connectivity index is 2.49. The molecule has 1 unspecified atom stereocenters. The van der Waals surface area contributed by atoms with Gasteiger partial charge in [-0.25, -0.2) is 14.8 Å². The van der Waals surface area contributed by atoms with E-state index in [2.05, 4.69) is 15.3 Å². The molecule has 2 aromatic heterocycles. The third-order valence-electron chi connectivity index (χ3n) is 3.15. The molecule has 7 nitrogen and oxygen atoms in total. The number of carbonyl (C=O) groups excluding carboxylic acids is 1. The first-order chi connectivity index (χ1) is 9.79. The highest BCUT2D eigenvalue weighted by atomic mass is 32.1. The Kier molecular flexibility index (Phi) is 4.08. The van der Waals surface area contributed by atoms with Crippen molar-refractivity contribution in [2.75, 3.05) is 5.32 Å². The van der Waals surface area contributed by atoms with E-state index < -0.39 is 17.9 Å². The van der Waals surface area contributed by atoms with Crippen LogP contribution in [0.5, 0.6) is 0 Å². The van der Waals surface area contributed by atoms with Crippen molar-refractivity contribution in [2.24, 2.45) is 5.73 Å². The SMILES string of the molecule is Cc1nc(NC(CC(N)=O)C(=O)O)c2c(C)c(C)sc2n1. The summed E-state index contributed by atoms with van der Waals surface area (Å²) in [6.07, 6.45) is -0.304. The van der Waals surface area contributed by atoms with Crippen molar-refractivity contribution in [1.29, 1.82) is 0 Å². The second-order valence-electron chi connectivity index (χ2n) is 4.79. The summed E-state index contributed by atoms with van der Waals surface area (Å²) in [6.45, 7) is 5.64. The second kappa shape index (κ2) is 5.65. The summed E-state index contributed by atoms with van der Waals surface area (Å²) in [5, 5.41) is 12.8. The highest BCUT2D eigenvalue weighted by Crippen LogP contribution is 2.33. The van der Waals surface area contributed by atoms with Crippen molar-refractivity contribution in [1.82, 2.24) is 9.97 Å². The van der Waals surface area contributed by atoms with Gasteiger partial charge in [-0.15, -0.1) is 11.3 Å². The Morgan fingerprint density at radius 2 is 2.00 bits per heavy atom. The van der Waals surface area contributed by atoms with E-state index in [9.17, 15) is 14.7 Å². The summed E-state index contributed by atoms with van der Waals surface area (Å²) >= 11 is 1.53. The molecule has 0 aliphatic heterocycles. The molecule has 4 N–H and O–H groups in total. The quantitative estimate of drug-likeness (QED) is 0.767. The first-order valence-corrected chi connectivity index (χ1v) is 7.13. The zero-order chi connectivity index (χ0) is 15.7. The van der Waals surface area contributed by atoms with Crippen LogP contribution in [0.25, 0.3) is 10.2 Å². The van der Waals surface area contributed by atoms with Crippen LogP contribution in [0.15, 0.2) is 0 Å². The predicted octanol–water partition coefficient (Wildman–Crippen LogP) is 1.36. The number of hydrogen-bond acceptors (Lipinski definition) is 6. The van der Waals surface area contributed by atoms with E-state index in [1.54, 1.807) is 6.92 Å². The van der Waals surface area contributed by atoms with Crippen LogP contribution in [0.1, 0.15) is 22.7 Å². The molecule has 8 heteroatoms. The first-order valence-electron chi connectivity index (χ1n) is 6.31. The van der Waals surface area contributed by atoms with Crippen LogP contribution in [-0.4, -0.2) is 33.0 Å². The van der Waals surface area contributed by atoms with E-state index in [1.807, 2.05) is 13.8 Å². The molecule has 0 aliphatic carbocycles. The number of nitrogens with zero attached hydrogens (tertiary/aromatic N) is 2. The maximum absolute atomic E-state index is 11.2. The number of anilines is 1. The van der Waals surface area contributed by atoms with Crippen LogP contribution in [0.4, 0.5) is 5.82 Å². The lowest BCUT2D eigenvalue weighted by Crippen LogP contribution is -2.34. The van der Waals surface area contributed by atoms with Gasteiger partial charge in [-0.1, -0.05) is 0 Å². The van der Waals surface area contributed by atoms with Gasteiger partial charge in [-0.3, -0.25) is 4.79 Å². The van der Waals surface area contributed by atoms with Gasteiger partial charge in [0.1, 0.15) is 22.5 Å². The fourth-order valence-corrected chi connectivity index (χ4v) is 3.10. The molecule has 2 heterocycles. The van der Waals surface area contributed by atoms with Crippen molar-refractivity contribution in [2.45, 2.75) is 33.2 Å². The van der Waals surface area contributed by atoms with Gasteiger partial charge in [0.15, 0.2) is 0 Å². The molecule has 0 aromatic carbocycles. The molecule has 112 valence electrons. The predicted molar refractivity (Wildman–Crippen MR) is 80.5 cm³/mol. The van der Waals surface area contributed by atoms with Crippen molar-refractivity contribution < 1.29 is 14.7 Å². The molecule has 1 amide bonds. The summed E-state index contributed by atoms with van der Waals surface area (Å²) in [5.41, 5.74) is 6.09. The van der Waals surface area contributed by atoms with Gasteiger partial charge in [0.2, 0.25) is 5.91 Å². The number of hydrogen-bond donors (Lipinski definition) is 3. The number of carbonyl (C=O) groups is 2. The van der Waals surface area contributed by atoms with Gasteiger partial charge in [-0.2, -0.15) is 0 Å². The Hall–Kier alpha value is -2.22. The molecule has 1 atom stereocenters. The molecule has 0 bridgehead atoms. The number of aryl methyl sites for hydroxylation is 3. The lowest BCUT2D eigenvalue weighted by atomic mass is 10.1. The van der Waals surface area contributed by atoms with Gasteiger partial charge in [-0.05, 0) is 26.3 Å². The average Bonchev–Trinajstić information content (AvgIpc) is 2.63. The van der Waals surface area contributed by atoms with Crippen molar-refractivity contribution in [3.63, 3.8) is 0 Å². The van der Waals surface area contributed by atoms with E-state index in [0.717, 1.165) is 20.7 Å². The molecule has 0 saturated heterocycles. The Morgan fingerprint density at radius 3 is 2.57 bits per heavy atom. The van der Waals surface area contributed by atoms with Gasteiger partial charge in [0.05, 0.1) is 11.8 Å². The topological polar surface area (TPSA) is 118 Å². The highest BCUT2D eigenvalue weighted by Gasteiger charge is 2.23. The lowest BCUT2D eigenvalue weighted by molar-refractivity contribution is -0.139. The largest absolute Gasteiger partial charge is 0.480 e. The number of nitrogens with two attached hydrogens (primary N) is 1. The van der Waals surface area contributed by atoms with Crippen LogP contribution in [0.2, 0.25) is 0 Å². The minimum atomic E-state index is -1.15. The monoisotopic (exact) mass is 308 g/mol. The molecular weight excluding hydrogens is 292 g/mol. The van der Waals surface area contributed by atoms with Crippen LogP contribution in [-0.2, 0) is 9.59 Å². The molecule has 0 radical (unpaired) electrons. The average molecular weight is 308 g/mol. The van der Waals surface area contributed by atoms with Gasteiger partial charge in [0.25, 0.3) is 0 Å². The minimum absolute atomic E-state index is 0.304. The van der Waals surface area contributed by atoms with E-state index in [-0.39, 0.29) is 6.42 Å². The lowest BCUT2D eigenvalue weighted by Gasteiger charge is -2.15. The first kappa shape index (κ1) is 15.2. The zero-order valence-electron chi connectivity index (χ0n) is 11.9. The summed E-state index contributed by atoms with van der Waals surface area (Å²) < 4.78 is 0. The maximum atomic E-state index is 11.2. The van der Waals surface area contributed by atoms with Gasteiger partial charge in [0, 0.05) is 4.88 Å². The minimum Gasteiger partial charge on any atom is -0.480 e. The number of amides is 1. The number of fused-ring (bicyclic) bond motifs is 1. The Bertz CT molecular complexity index is 726. The molecule has 21 heavy (non-hydrogen) atoms. The Morgan fingerprint density at radius 1 is 1.33 bits per heavy atom. The number of carboxylic acid groups (broad SMARTS) is 1. The number of primary amides is 1. The fraction of sp³-hybridized carbons (Fsp3) is 0.385. The van der Waals surface area contributed by atoms with Gasteiger partial charge >= 0.3 is 5.97 Å². The van der Waals surface area contributed by atoms with Crippen molar-refractivity contribution >= 4 is 39.2 Å². The number of thiophene rings is 1. The van der Waals surface area contributed by atoms with Gasteiger partial charge < -0.3 is 16.2 Å². The van der Waals surface area contributed by atoms with Crippen molar-refractivity contribution in [3.05, 3.63) is 16.3 Å². The summed E-state index contributed by atoms with van der Waals surface area (Å²) in [4.78, 5) is 32.8. The van der Waals surface area contributed by atoms with Crippen LogP contribution >= 0.6 is 11.3 Å². The molecule has 0 aliphatic rings. The number of aliphatic carboxylic acids is 1. The fourth-order valence-electron chi connectivity index (χ4n) is 2.03. The zero-order valence-corrected chi connectivity index (χ0v) is 12.7.